The van der Waals surface area contributed by atoms with E-state index in [0.29, 0.717) is 23.7 Å². The molecule has 0 aliphatic carbocycles. The van der Waals surface area contributed by atoms with E-state index in [1.165, 1.54) is 6.42 Å². The smallest absolute Gasteiger partial charge is 0.260 e. The zero-order valence-electron chi connectivity index (χ0n) is 12.3. The molecule has 2 rings (SSSR count). The van der Waals surface area contributed by atoms with Gasteiger partial charge in [0.05, 0.1) is 18.2 Å². The molecule has 0 aromatic heterocycles. The molecule has 0 N–H and O–H groups in total. The number of amides is 1. The molecule has 5 nitrogen and oxygen atoms in total. The van der Waals surface area contributed by atoms with Gasteiger partial charge in [-0.3, -0.25) is 4.79 Å². The van der Waals surface area contributed by atoms with Gasteiger partial charge in [-0.15, -0.1) is 0 Å². The van der Waals surface area contributed by atoms with Gasteiger partial charge in [-0.2, -0.15) is 5.26 Å². The van der Waals surface area contributed by atoms with Crippen LogP contribution < -0.4 is 9.47 Å². The zero-order chi connectivity index (χ0) is 15.1. The monoisotopic (exact) mass is 288 g/mol. The largest absolute Gasteiger partial charge is 0.490 e. The van der Waals surface area contributed by atoms with Crippen molar-refractivity contribution < 1.29 is 14.3 Å². The van der Waals surface area contributed by atoms with Crippen LogP contribution in [-0.4, -0.2) is 37.1 Å². The molecule has 1 fully saturated rings. The minimum atomic E-state index is 0.00140. The molecule has 1 heterocycles. The molecule has 1 amide bonds. The average molecular weight is 288 g/mol. The topological polar surface area (TPSA) is 62.6 Å². The molecule has 0 atom stereocenters. The van der Waals surface area contributed by atoms with Gasteiger partial charge >= 0.3 is 0 Å². The number of carbonyl (C=O) groups is 1. The number of hydrogen-bond acceptors (Lipinski definition) is 4. The Bertz CT molecular complexity index is 531. The summed E-state index contributed by atoms with van der Waals surface area (Å²) in [7, 11) is 0. The number of piperidine rings is 1. The Labute approximate surface area is 125 Å². The van der Waals surface area contributed by atoms with E-state index in [0.717, 1.165) is 25.9 Å². The Morgan fingerprint density at radius 1 is 1.24 bits per heavy atom. The van der Waals surface area contributed by atoms with Crippen LogP contribution in [0.25, 0.3) is 0 Å². The van der Waals surface area contributed by atoms with Crippen LogP contribution in [0.15, 0.2) is 18.2 Å². The first-order chi connectivity index (χ1) is 10.2. The summed E-state index contributed by atoms with van der Waals surface area (Å²) in [5.41, 5.74) is 0.508. The Kier molecular flexibility index (Phi) is 5.44. The van der Waals surface area contributed by atoms with Gasteiger partial charge in [-0.1, -0.05) is 0 Å². The molecule has 1 saturated heterocycles. The van der Waals surface area contributed by atoms with Gasteiger partial charge in [0, 0.05) is 19.2 Å². The van der Waals surface area contributed by atoms with Gasteiger partial charge in [0.2, 0.25) is 0 Å². The molecule has 0 saturated carbocycles. The van der Waals surface area contributed by atoms with Crippen molar-refractivity contribution in [1.82, 2.24) is 4.90 Å². The van der Waals surface area contributed by atoms with Gasteiger partial charge in [-0.05, 0) is 38.3 Å². The van der Waals surface area contributed by atoms with E-state index >= 15 is 0 Å². The van der Waals surface area contributed by atoms with Crippen LogP contribution in [-0.2, 0) is 4.79 Å². The Morgan fingerprint density at radius 2 is 2.00 bits per heavy atom. The maximum atomic E-state index is 12.1. The highest BCUT2D eigenvalue weighted by molar-refractivity contribution is 5.78. The lowest BCUT2D eigenvalue weighted by Gasteiger charge is -2.26. The Hall–Kier alpha value is -2.22. The highest BCUT2D eigenvalue weighted by Gasteiger charge is 2.17. The fraction of sp³-hybridized carbons (Fsp3) is 0.500. The van der Waals surface area contributed by atoms with Gasteiger partial charge < -0.3 is 14.4 Å². The first-order valence-electron chi connectivity index (χ1n) is 7.32. The minimum absolute atomic E-state index is 0.00140. The number of rotatable bonds is 5. The standard InChI is InChI=1S/C16H20N2O3/c1-2-20-15-10-13(11-17)6-7-14(15)21-12-16(19)18-8-4-3-5-9-18/h6-7,10H,2-5,8-9,12H2,1H3. The van der Waals surface area contributed by atoms with Crippen LogP contribution in [0.3, 0.4) is 0 Å². The lowest BCUT2D eigenvalue weighted by Crippen LogP contribution is -2.38. The lowest BCUT2D eigenvalue weighted by molar-refractivity contribution is -0.134. The van der Waals surface area contributed by atoms with Crippen LogP contribution in [0.1, 0.15) is 31.7 Å². The van der Waals surface area contributed by atoms with E-state index < -0.39 is 0 Å². The summed E-state index contributed by atoms with van der Waals surface area (Å²) < 4.78 is 11.0. The van der Waals surface area contributed by atoms with E-state index in [2.05, 4.69) is 6.07 Å². The Morgan fingerprint density at radius 3 is 2.67 bits per heavy atom. The van der Waals surface area contributed by atoms with E-state index in [1.54, 1.807) is 18.2 Å². The summed E-state index contributed by atoms with van der Waals surface area (Å²) in [6.45, 7) is 3.97. The number of nitrogens with zero attached hydrogens (tertiary/aromatic N) is 2. The summed E-state index contributed by atoms with van der Waals surface area (Å²) in [6.07, 6.45) is 3.31. The minimum Gasteiger partial charge on any atom is -0.490 e. The van der Waals surface area contributed by atoms with E-state index in [4.69, 9.17) is 14.7 Å². The molecule has 21 heavy (non-hydrogen) atoms. The van der Waals surface area contributed by atoms with Gasteiger partial charge in [0.15, 0.2) is 18.1 Å². The van der Waals surface area contributed by atoms with E-state index in [-0.39, 0.29) is 12.5 Å². The normalized spacial score (nSPS) is 14.4. The van der Waals surface area contributed by atoms with E-state index in [9.17, 15) is 4.79 Å². The molecule has 0 unspecified atom stereocenters. The summed E-state index contributed by atoms with van der Waals surface area (Å²) in [5.74, 6) is 1.01. The predicted octanol–water partition coefficient (Wildman–Crippen LogP) is 2.35. The third-order valence-electron chi connectivity index (χ3n) is 3.43. The van der Waals surface area contributed by atoms with Crippen molar-refractivity contribution in [3.8, 4) is 17.6 Å². The zero-order valence-corrected chi connectivity index (χ0v) is 12.3. The molecular weight excluding hydrogens is 268 g/mol. The molecule has 0 radical (unpaired) electrons. The van der Waals surface area contributed by atoms with Crippen molar-refractivity contribution >= 4 is 5.91 Å². The second kappa shape index (κ2) is 7.53. The quantitative estimate of drug-likeness (QED) is 0.834. The van der Waals surface area contributed by atoms with Gasteiger partial charge in [0.25, 0.3) is 5.91 Å². The van der Waals surface area contributed by atoms with Crippen molar-refractivity contribution in [3.63, 3.8) is 0 Å². The number of carbonyl (C=O) groups excluding carboxylic acids is 1. The van der Waals surface area contributed by atoms with Gasteiger partial charge in [-0.25, -0.2) is 0 Å². The maximum Gasteiger partial charge on any atom is 0.260 e. The number of benzene rings is 1. The second-order valence-electron chi connectivity index (χ2n) is 4.94. The maximum absolute atomic E-state index is 12.1. The number of nitriles is 1. The molecule has 1 aromatic rings. The van der Waals surface area contributed by atoms with E-state index in [1.807, 2.05) is 11.8 Å². The highest BCUT2D eigenvalue weighted by atomic mass is 16.5. The SMILES string of the molecule is CCOc1cc(C#N)ccc1OCC(=O)N1CCCCC1. The van der Waals surface area contributed by atoms with Crippen molar-refractivity contribution in [3.05, 3.63) is 23.8 Å². The molecule has 112 valence electrons. The lowest BCUT2D eigenvalue weighted by atomic mass is 10.1. The molecule has 5 heteroatoms. The van der Waals surface area contributed by atoms with Crippen molar-refractivity contribution in [2.45, 2.75) is 26.2 Å². The first-order valence-corrected chi connectivity index (χ1v) is 7.32. The van der Waals surface area contributed by atoms with Crippen LogP contribution in [0.4, 0.5) is 0 Å². The van der Waals surface area contributed by atoms with Crippen LogP contribution in [0.5, 0.6) is 11.5 Å². The van der Waals surface area contributed by atoms with Crippen molar-refractivity contribution in [2.24, 2.45) is 0 Å². The van der Waals surface area contributed by atoms with Crippen LogP contribution >= 0.6 is 0 Å². The highest BCUT2D eigenvalue weighted by Crippen LogP contribution is 2.28. The fourth-order valence-corrected chi connectivity index (χ4v) is 2.34. The third-order valence-corrected chi connectivity index (χ3v) is 3.43. The molecule has 1 aliphatic rings. The molecule has 0 bridgehead atoms. The summed E-state index contributed by atoms with van der Waals surface area (Å²) in [5, 5.41) is 8.90. The average Bonchev–Trinajstić information content (AvgIpc) is 2.54. The van der Waals surface area contributed by atoms with Crippen LogP contribution in [0, 0.1) is 11.3 Å². The summed E-state index contributed by atoms with van der Waals surface area (Å²) in [4.78, 5) is 13.9. The Balaban J connectivity index is 1.98. The summed E-state index contributed by atoms with van der Waals surface area (Å²) >= 11 is 0. The fourth-order valence-electron chi connectivity index (χ4n) is 2.34. The summed E-state index contributed by atoms with van der Waals surface area (Å²) in [6, 6.07) is 7.02. The number of ether oxygens (including phenoxy) is 2. The molecule has 1 aromatic carbocycles. The van der Waals surface area contributed by atoms with Gasteiger partial charge in [0.1, 0.15) is 0 Å². The molecular formula is C16H20N2O3. The second-order valence-corrected chi connectivity index (χ2v) is 4.94. The molecule has 0 spiro atoms. The predicted molar refractivity (Wildman–Crippen MR) is 78.3 cm³/mol. The van der Waals surface area contributed by atoms with Crippen molar-refractivity contribution in [1.29, 1.82) is 5.26 Å². The number of likely N-dealkylation sites (tertiary alicyclic amines) is 1. The third kappa shape index (κ3) is 4.12. The first kappa shape index (κ1) is 15.2. The van der Waals surface area contributed by atoms with Crippen molar-refractivity contribution in [2.75, 3.05) is 26.3 Å². The number of hydrogen-bond donors (Lipinski definition) is 0. The molecule has 1 aliphatic heterocycles. The van der Waals surface area contributed by atoms with Crippen LogP contribution in [0.2, 0.25) is 0 Å².